The van der Waals surface area contributed by atoms with E-state index in [0.29, 0.717) is 21.9 Å². The summed E-state index contributed by atoms with van der Waals surface area (Å²) in [5.41, 5.74) is 6.69. The number of rotatable bonds is 10. The third kappa shape index (κ3) is 5.70. The van der Waals surface area contributed by atoms with Gasteiger partial charge < -0.3 is 35.3 Å². The third-order valence-corrected chi connectivity index (χ3v) is 8.90. The average molecular weight is 620 g/mol. The number of nitrogens with one attached hydrogen (secondary N) is 1. The lowest BCUT2D eigenvalue weighted by Gasteiger charge is -2.50. The van der Waals surface area contributed by atoms with E-state index in [0.717, 1.165) is 16.2 Å². The molecule has 18 heteroatoms. The van der Waals surface area contributed by atoms with Gasteiger partial charge in [0.05, 0.1) is 11.7 Å². The van der Waals surface area contributed by atoms with Gasteiger partial charge in [0, 0.05) is 23.0 Å². The van der Waals surface area contributed by atoms with E-state index in [-0.39, 0.29) is 28.0 Å². The van der Waals surface area contributed by atoms with Crippen LogP contribution in [0.1, 0.15) is 12.6 Å². The Balaban J connectivity index is 1.31. The Kier molecular flexibility index (Phi) is 7.87. The van der Waals surface area contributed by atoms with Crippen LogP contribution in [0, 0.1) is 0 Å². The lowest BCUT2D eigenvalue weighted by Crippen LogP contribution is -2.71. The van der Waals surface area contributed by atoms with Gasteiger partial charge in [0.2, 0.25) is 6.10 Å². The molecule has 1 saturated heterocycles. The van der Waals surface area contributed by atoms with E-state index < -0.39 is 47.0 Å². The fourth-order valence-electron chi connectivity index (χ4n) is 3.94. The molecule has 3 atom stereocenters. The molecule has 2 amide bonds. The Morgan fingerprint density at radius 1 is 1.44 bits per heavy atom. The number of carboxylic acids is 2. The molecule has 214 valence electrons. The molecule has 0 spiro atoms. The molecule has 1 unspecified atom stereocenters. The van der Waals surface area contributed by atoms with Crippen molar-refractivity contribution in [3.63, 3.8) is 0 Å². The SMILES string of the molecule is C[C@H](O/N=C(\C(=O)NC1C(=O)N2C(C(=O)[O-])=C(CSc3nc4c[n+](C)ccc4o3)CS[C@@H]12)c1csc(N)n1)C(=O)O. The zero-order chi connectivity index (χ0) is 29.4. The van der Waals surface area contributed by atoms with Crippen LogP contribution >= 0.6 is 34.9 Å². The van der Waals surface area contributed by atoms with Crippen LogP contribution in [-0.2, 0) is 31.1 Å². The fourth-order valence-corrected chi connectivity index (χ4v) is 6.81. The number of hydrogen-bond donors (Lipinski definition) is 3. The Bertz CT molecular complexity index is 1630. The number of aromatic nitrogens is 3. The predicted molar refractivity (Wildman–Crippen MR) is 144 cm³/mol. The van der Waals surface area contributed by atoms with Crippen molar-refractivity contribution in [1.29, 1.82) is 0 Å². The van der Waals surface area contributed by atoms with Crippen LogP contribution in [0.5, 0.6) is 0 Å². The molecule has 15 nitrogen and oxygen atoms in total. The molecular formula is C23H21N7O8S3. The first-order valence-corrected chi connectivity index (χ1v) is 14.7. The number of hydrogen-bond acceptors (Lipinski definition) is 14. The van der Waals surface area contributed by atoms with Gasteiger partial charge in [-0.2, -0.15) is 4.98 Å². The van der Waals surface area contributed by atoms with Crippen molar-refractivity contribution < 1.29 is 43.2 Å². The van der Waals surface area contributed by atoms with Gasteiger partial charge in [0.1, 0.15) is 24.2 Å². The number of pyridine rings is 1. The van der Waals surface area contributed by atoms with Crippen molar-refractivity contribution in [2.75, 3.05) is 17.2 Å². The van der Waals surface area contributed by atoms with Crippen molar-refractivity contribution in [3.8, 4) is 0 Å². The highest BCUT2D eigenvalue weighted by Crippen LogP contribution is 2.41. The molecule has 4 N–H and O–H groups in total. The first-order chi connectivity index (χ1) is 19.5. The van der Waals surface area contributed by atoms with Crippen LogP contribution in [0.15, 0.2) is 49.9 Å². The number of aryl methyl sites for hydroxylation is 1. The standard InChI is InChI=1S/C23H21N7O8S3/c1-9(20(33)34)38-28-14(12-8-40-22(24)25-12)17(31)27-15-18(32)30-16(21(35)36)10(6-39-19(15)30)7-41-23-26-11-5-29(2)4-3-13(11)37-23/h3-5,8-9,15,19H,6-7H2,1-2H3,(H4-,24,25,27,31,33,34,35,36)/b28-14-/t9-,15?,19-/m0/s1. The normalized spacial score (nSPS) is 19.5. The largest absolute Gasteiger partial charge is 0.543 e. The summed E-state index contributed by atoms with van der Waals surface area (Å²) in [6, 6.07) is 0.678. The minimum absolute atomic E-state index is 0.0186. The van der Waals surface area contributed by atoms with Gasteiger partial charge >= 0.3 is 5.97 Å². The van der Waals surface area contributed by atoms with Crippen molar-refractivity contribution >= 4 is 80.6 Å². The number of fused-ring (bicyclic) bond motifs is 2. The second-order valence-electron chi connectivity index (χ2n) is 8.83. The lowest BCUT2D eigenvalue weighted by molar-refractivity contribution is -0.670. The number of amides is 2. The van der Waals surface area contributed by atoms with Gasteiger partial charge in [-0.3, -0.25) is 14.5 Å². The maximum absolute atomic E-state index is 13.1. The molecule has 0 radical (unpaired) electrons. The minimum Gasteiger partial charge on any atom is -0.543 e. The second-order valence-corrected chi connectivity index (χ2v) is 11.7. The number of anilines is 1. The summed E-state index contributed by atoms with van der Waals surface area (Å²) in [6.07, 6.45) is 2.24. The summed E-state index contributed by atoms with van der Waals surface area (Å²) in [5.74, 6) is -3.95. The van der Waals surface area contributed by atoms with Crippen LogP contribution in [-0.4, -0.2) is 78.5 Å². The minimum atomic E-state index is -1.52. The van der Waals surface area contributed by atoms with Gasteiger partial charge in [-0.15, -0.1) is 23.1 Å². The van der Waals surface area contributed by atoms with Gasteiger partial charge in [-0.05, 0) is 12.5 Å². The molecule has 0 saturated carbocycles. The molecule has 5 rings (SSSR count). The zero-order valence-electron chi connectivity index (χ0n) is 21.3. The summed E-state index contributed by atoms with van der Waals surface area (Å²) >= 11 is 3.47. The average Bonchev–Trinajstić information content (AvgIpc) is 3.54. The Morgan fingerprint density at radius 3 is 2.90 bits per heavy atom. The number of carboxylic acid groups (broad SMARTS) is 2. The number of nitrogens with two attached hydrogens (primary N) is 1. The molecule has 2 aliphatic heterocycles. The van der Waals surface area contributed by atoms with Crippen molar-refractivity contribution in [2.24, 2.45) is 12.2 Å². The number of nitrogens with zero attached hydrogens (tertiary/aromatic N) is 5. The molecule has 0 aliphatic carbocycles. The predicted octanol–water partition coefficient (Wildman–Crippen LogP) is -0.919. The van der Waals surface area contributed by atoms with E-state index in [9.17, 15) is 24.3 Å². The van der Waals surface area contributed by atoms with Crippen LogP contribution in [0.4, 0.5) is 5.13 Å². The lowest BCUT2D eigenvalue weighted by atomic mass is 10.0. The Hall–Kier alpha value is -4.16. The van der Waals surface area contributed by atoms with Crippen LogP contribution < -0.4 is 20.7 Å². The highest BCUT2D eigenvalue weighted by atomic mass is 32.2. The van der Waals surface area contributed by atoms with Crippen LogP contribution in [0.3, 0.4) is 0 Å². The molecule has 3 aromatic heterocycles. The van der Waals surface area contributed by atoms with Gasteiger partial charge in [-0.1, -0.05) is 16.9 Å². The van der Waals surface area contributed by atoms with E-state index >= 15 is 0 Å². The highest BCUT2D eigenvalue weighted by Gasteiger charge is 2.53. The fraction of sp³-hybridized carbons (Fsp3) is 0.304. The number of oxime groups is 1. The number of aliphatic carboxylic acids is 2. The number of β-lactam (4-membered cyclic amide) rings is 1. The molecule has 41 heavy (non-hydrogen) atoms. The number of carbonyl (C=O) groups is 4. The summed E-state index contributed by atoms with van der Waals surface area (Å²) < 4.78 is 7.54. The van der Waals surface area contributed by atoms with Crippen molar-refractivity contribution in [2.45, 2.75) is 29.7 Å². The Morgan fingerprint density at radius 2 is 2.22 bits per heavy atom. The smallest absolute Gasteiger partial charge is 0.347 e. The second kappa shape index (κ2) is 11.4. The van der Waals surface area contributed by atoms with E-state index in [1.807, 2.05) is 17.8 Å². The molecular weight excluding hydrogens is 598 g/mol. The highest BCUT2D eigenvalue weighted by molar-refractivity contribution is 8.01. The first-order valence-electron chi connectivity index (χ1n) is 11.8. The molecule has 2 aliphatic rings. The van der Waals surface area contributed by atoms with E-state index in [4.69, 9.17) is 20.1 Å². The molecule has 1 fully saturated rings. The summed E-state index contributed by atoms with van der Waals surface area (Å²) in [4.78, 5) is 63.8. The van der Waals surface area contributed by atoms with Gasteiger partial charge in [0.15, 0.2) is 34.3 Å². The number of oxazole rings is 1. The van der Waals surface area contributed by atoms with Crippen LogP contribution in [0.2, 0.25) is 0 Å². The number of thioether (sulfide) groups is 2. The molecule has 0 aromatic carbocycles. The summed E-state index contributed by atoms with van der Waals surface area (Å²) in [5, 5.41) is 28.5. The number of nitrogen functional groups attached to an aromatic ring is 1. The van der Waals surface area contributed by atoms with Gasteiger partial charge in [0.25, 0.3) is 17.0 Å². The van der Waals surface area contributed by atoms with Crippen molar-refractivity contribution in [1.82, 2.24) is 20.2 Å². The van der Waals surface area contributed by atoms with E-state index in [1.165, 1.54) is 35.8 Å². The maximum Gasteiger partial charge on any atom is 0.347 e. The van der Waals surface area contributed by atoms with Crippen molar-refractivity contribution in [3.05, 3.63) is 40.8 Å². The van der Waals surface area contributed by atoms with Gasteiger partial charge in [-0.25, -0.2) is 14.3 Å². The summed E-state index contributed by atoms with van der Waals surface area (Å²) in [7, 11) is 1.85. The molecule has 0 bridgehead atoms. The third-order valence-electron chi connectivity index (χ3n) is 5.98. The van der Waals surface area contributed by atoms with E-state index in [1.54, 1.807) is 12.3 Å². The number of thiazole rings is 1. The monoisotopic (exact) mass is 619 g/mol. The maximum atomic E-state index is 13.1. The Labute approximate surface area is 243 Å². The first kappa shape index (κ1) is 28.4. The summed E-state index contributed by atoms with van der Waals surface area (Å²) in [6.45, 7) is 1.22. The molecule has 5 heterocycles. The molecule has 3 aromatic rings. The quantitative estimate of drug-likeness (QED) is 0.0823. The van der Waals surface area contributed by atoms with E-state index in [2.05, 4.69) is 20.4 Å². The number of carbonyl (C=O) groups excluding carboxylic acids is 3. The van der Waals surface area contributed by atoms with Crippen LogP contribution in [0.25, 0.3) is 11.1 Å². The zero-order valence-corrected chi connectivity index (χ0v) is 23.7. The topological polar surface area (TPSA) is 217 Å².